The van der Waals surface area contributed by atoms with Gasteiger partial charge in [-0.3, -0.25) is 19.7 Å². The highest BCUT2D eigenvalue weighted by atomic mass is 19.1. The first-order valence-electron chi connectivity index (χ1n) is 6.47. The molecule has 0 aliphatic carbocycles. The Labute approximate surface area is 124 Å². The Morgan fingerprint density at radius 2 is 2.09 bits per heavy atom. The fraction of sp³-hybridized carbons (Fsp3) is 0.385. The number of hydrogen-bond acceptors (Lipinski definition) is 5. The Balaban J connectivity index is 2.35. The van der Waals surface area contributed by atoms with Crippen LogP contribution in [0.2, 0.25) is 0 Å². The van der Waals surface area contributed by atoms with Gasteiger partial charge in [-0.1, -0.05) is 6.92 Å². The van der Waals surface area contributed by atoms with Gasteiger partial charge in [-0.25, -0.2) is 4.39 Å². The highest BCUT2D eigenvalue weighted by Gasteiger charge is 2.38. The number of anilines is 1. The summed E-state index contributed by atoms with van der Waals surface area (Å²) in [5.41, 5.74) is 4.13. The number of halogens is 1. The van der Waals surface area contributed by atoms with E-state index in [1.807, 2.05) is 0 Å². The number of benzene rings is 1. The topological polar surface area (TPSA) is 127 Å². The van der Waals surface area contributed by atoms with Crippen LogP contribution in [0.3, 0.4) is 0 Å². The lowest BCUT2D eigenvalue weighted by molar-refractivity contribution is -0.384. The van der Waals surface area contributed by atoms with E-state index in [-0.39, 0.29) is 24.6 Å². The first-order chi connectivity index (χ1) is 10.2. The van der Waals surface area contributed by atoms with Crippen LogP contribution in [0.15, 0.2) is 12.1 Å². The smallest absolute Gasteiger partial charge is 0.308 e. The summed E-state index contributed by atoms with van der Waals surface area (Å²) in [5, 5.41) is 19.9. The lowest BCUT2D eigenvalue weighted by Crippen LogP contribution is -2.30. The molecule has 8 nitrogen and oxygen atoms in total. The molecule has 2 atom stereocenters. The van der Waals surface area contributed by atoms with E-state index in [1.54, 1.807) is 6.92 Å². The molecule has 0 spiro atoms. The Kier molecular flexibility index (Phi) is 3.98. The Hall–Kier alpha value is -2.71. The van der Waals surface area contributed by atoms with Crippen molar-refractivity contribution in [3.05, 3.63) is 33.6 Å². The zero-order valence-electron chi connectivity index (χ0n) is 11.7. The minimum Gasteiger partial charge on any atom is -0.481 e. The van der Waals surface area contributed by atoms with Gasteiger partial charge in [0.2, 0.25) is 0 Å². The van der Waals surface area contributed by atoms with Crippen molar-refractivity contribution >= 4 is 23.3 Å². The van der Waals surface area contributed by atoms with Gasteiger partial charge in [0, 0.05) is 13.1 Å². The Morgan fingerprint density at radius 1 is 1.45 bits per heavy atom. The minimum absolute atomic E-state index is 0.0426. The quantitative estimate of drug-likeness (QED) is 0.489. The number of rotatable bonds is 3. The molecule has 1 aliphatic rings. The van der Waals surface area contributed by atoms with Gasteiger partial charge < -0.3 is 15.7 Å². The van der Waals surface area contributed by atoms with Gasteiger partial charge in [0.05, 0.1) is 22.5 Å². The van der Waals surface area contributed by atoms with Gasteiger partial charge in [0.15, 0.2) is 0 Å². The van der Waals surface area contributed by atoms with Gasteiger partial charge in [-0.2, -0.15) is 0 Å². The molecule has 3 N–H and O–H groups in total. The molecule has 1 fully saturated rings. The minimum atomic E-state index is -1.03. The first-order valence-corrected chi connectivity index (χ1v) is 6.47. The second kappa shape index (κ2) is 5.58. The van der Waals surface area contributed by atoms with Crippen LogP contribution in [0, 0.1) is 27.8 Å². The number of hydrogen-bond donors (Lipinski definition) is 2. The van der Waals surface area contributed by atoms with Crippen molar-refractivity contribution in [2.75, 3.05) is 18.8 Å². The molecule has 118 valence electrons. The number of carbonyl (C=O) groups is 2. The number of nitrogen functional groups attached to an aromatic ring is 1. The van der Waals surface area contributed by atoms with E-state index in [0.29, 0.717) is 6.07 Å². The van der Waals surface area contributed by atoms with Gasteiger partial charge in [-0.15, -0.1) is 0 Å². The van der Waals surface area contributed by atoms with Crippen LogP contribution >= 0.6 is 0 Å². The van der Waals surface area contributed by atoms with E-state index in [0.717, 1.165) is 6.07 Å². The molecule has 1 aromatic rings. The molecule has 1 aromatic carbocycles. The first kappa shape index (κ1) is 15.7. The zero-order chi connectivity index (χ0) is 16.6. The second-order valence-corrected chi connectivity index (χ2v) is 5.28. The number of nitro benzene ring substituents is 1. The molecule has 0 unspecified atom stereocenters. The number of likely N-dealkylation sites (tertiary alicyclic amines) is 1. The number of aliphatic carboxylic acids is 1. The predicted octanol–water partition coefficient (Wildman–Crippen LogP) is 1.11. The van der Waals surface area contributed by atoms with E-state index >= 15 is 0 Å². The van der Waals surface area contributed by atoms with E-state index in [9.17, 15) is 24.1 Å². The van der Waals surface area contributed by atoms with Crippen LogP contribution < -0.4 is 5.73 Å². The average molecular weight is 311 g/mol. The zero-order valence-corrected chi connectivity index (χ0v) is 11.7. The SMILES string of the molecule is C[C@@H]1CN(C(=O)c2cc(F)cc([N+](=O)[O-])c2N)C[C@H]1C(=O)O. The molecule has 1 saturated heterocycles. The van der Waals surface area contributed by atoms with Crippen molar-refractivity contribution in [1.82, 2.24) is 4.90 Å². The van der Waals surface area contributed by atoms with E-state index in [4.69, 9.17) is 10.8 Å². The van der Waals surface area contributed by atoms with Crippen molar-refractivity contribution in [2.24, 2.45) is 11.8 Å². The molecule has 0 bridgehead atoms. The van der Waals surface area contributed by atoms with E-state index in [2.05, 4.69) is 0 Å². The lowest BCUT2D eigenvalue weighted by atomic mass is 9.99. The largest absolute Gasteiger partial charge is 0.481 e. The summed E-state index contributed by atoms with van der Waals surface area (Å²) in [6.07, 6.45) is 0. The normalized spacial score (nSPS) is 20.9. The highest BCUT2D eigenvalue weighted by molar-refractivity contribution is 6.01. The summed E-state index contributed by atoms with van der Waals surface area (Å²) in [6.45, 7) is 1.81. The number of carboxylic acids is 1. The summed E-state index contributed by atoms with van der Waals surface area (Å²) in [7, 11) is 0. The van der Waals surface area contributed by atoms with E-state index in [1.165, 1.54) is 4.90 Å². The second-order valence-electron chi connectivity index (χ2n) is 5.28. The van der Waals surface area contributed by atoms with Crippen LogP contribution in [0.4, 0.5) is 15.8 Å². The van der Waals surface area contributed by atoms with Crippen LogP contribution in [0.25, 0.3) is 0 Å². The molecule has 0 radical (unpaired) electrons. The molecule has 1 heterocycles. The molecule has 0 aromatic heterocycles. The predicted molar refractivity (Wildman–Crippen MR) is 73.7 cm³/mol. The summed E-state index contributed by atoms with van der Waals surface area (Å²) in [5.74, 6) is -3.69. The maximum absolute atomic E-state index is 13.5. The van der Waals surface area contributed by atoms with Gasteiger partial charge in [-0.05, 0) is 12.0 Å². The van der Waals surface area contributed by atoms with Crippen LogP contribution in [0.5, 0.6) is 0 Å². The van der Waals surface area contributed by atoms with Crippen molar-refractivity contribution in [2.45, 2.75) is 6.92 Å². The average Bonchev–Trinajstić information content (AvgIpc) is 2.82. The Bertz CT molecular complexity index is 663. The fourth-order valence-corrected chi connectivity index (χ4v) is 2.56. The molecule has 1 aliphatic heterocycles. The van der Waals surface area contributed by atoms with Crippen molar-refractivity contribution < 1.29 is 24.0 Å². The van der Waals surface area contributed by atoms with Crippen molar-refractivity contribution in [1.29, 1.82) is 0 Å². The number of nitrogens with zero attached hydrogens (tertiary/aromatic N) is 2. The third-order valence-electron chi connectivity index (χ3n) is 3.77. The molecule has 1 amide bonds. The van der Waals surface area contributed by atoms with Crippen LogP contribution in [0.1, 0.15) is 17.3 Å². The standard InChI is InChI=1S/C13H14FN3O5/c1-6-4-16(5-9(6)13(19)20)12(18)8-2-7(14)3-10(11(8)15)17(21)22/h2-3,6,9H,4-5,15H2,1H3,(H,19,20)/t6-,9-/m1/s1. The number of nitro groups is 1. The van der Waals surface area contributed by atoms with Gasteiger partial charge >= 0.3 is 5.97 Å². The maximum Gasteiger partial charge on any atom is 0.308 e. The van der Waals surface area contributed by atoms with E-state index < -0.39 is 39.9 Å². The number of carboxylic acid groups (broad SMARTS) is 1. The molecular formula is C13H14FN3O5. The van der Waals surface area contributed by atoms with Crippen molar-refractivity contribution in [3.8, 4) is 0 Å². The molecule has 22 heavy (non-hydrogen) atoms. The fourth-order valence-electron chi connectivity index (χ4n) is 2.56. The number of carbonyl (C=O) groups excluding carboxylic acids is 1. The summed E-state index contributed by atoms with van der Waals surface area (Å²) in [4.78, 5) is 34.6. The van der Waals surface area contributed by atoms with Crippen molar-refractivity contribution in [3.63, 3.8) is 0 Å². The third-order valence-corrected chi connectivity index (χ3v) is 3.77. The Morgan fingerprint density at radius 3 is 2.59 bits per heavy atom. The molecule has 0 saturated carbocycles. The van der Waals surface area contributed by atoms with Crippen LogP contribution in [-0.4, -0.2) is 39.9 Å². The third kappa shape index (κ3) is 2.69. The van der Waals surface area contributed by atoms with Crippen LogP contribution in [-0.2, 0) is 4.79 Å². The molecular weight excluding hydrogens is 297 g/mol. The maximum atomic E-state index is 13.5. The highest BCUT2D eigenvalue weighted by Crippen LogP contribution is 2.30. The van der Waals surface area contributed by atoms with Gasteiger partial charge in [0.1, 0.15) is 11.5 Å². The molecule has 9 heteroatoms. The summed E-state index contributed by atoms with van der Waals surface area (Å²) < 4.78 is 13.5. The number of nitrogens with two attached hydrogens (primary N) is 1. The monoisotopic (exact) mass is 311 g/mol. The lowest BCUT2D eigenvalue weighted by Gasteiger charge is -2.17. The summed E-state index contributed by atoms with van der Waals surface area (Å²) >= 11 is 0. The van der Waals surface area contributed by atoms with Gasteiger partial charge in [0.25, 0.3) is 11.6 Å². The number of amides is 1. The molecule has 2 rings (SSSR count). The summed E-state index contributed by atoms with van der Waals surface area (Å²) in [6, 6.07) is 1.46.